The second-order valence-electron chi connectivity index (χ2n) is 4.91. The molecule has 1 aliphatic heterocycles. The Morgan fingerprint density at radius 2 is 1.85 bits per heavy atom. The molecule has 20 heavy (non-hydrogen) atoms. The first-order chi connectivity index (χ1) is 9.72. The number of nitrogens with zero attached hydrogens (tertiary/aromatic N) is 2. The van der Waals surface area contributed by atoms with E-state index < -0.39 is 0 Å². The number of Topliss-reactive ketones (excluding diaryl/α,β-unsaturated/α-hetero) is 1. The third-order valence-corrected chi connectivity index (χ3v) is 5.70. The first kappa shape index (κ1) is 13.5. The molecule has 2 aromatic heterocycles. The Morgan fingerprint density at radius 1 is 1.20 bits per heavy atom. The monoisotopic (exact) mass is 306 g/mol. The SMILES string of the molecule is CC1C(=O)CC(c2cccs2)N(N=O)C1c1cccs1. The summed E-state index contributed by atoms with van der Waals surface area (Å²) in [5.74, 6) is -0.00994. The van der Waals surface area contributed by atoms with Crippen molar-refractivity contribution >= 4 is 28.5 Å². The maximum Gasteiger partial charge on any atom is 0.140 e. The van der Waals surface area contributed by atoms with Crippen LogP contribution in [0.2, 0.25) is 0 Å². The normalized spacial score (nSPS) is 26.8. The predicted molar refractivity (Wildman–Crippen MR) is 80.5 cm³/mol. The topological polar surface area (TPSA) is 49.7 Å². The van der Waals surface area contributed by atoms with Crippen molar-refractivity contribution < 1.29 is 4.79 Å². The average Bonchev–Trinajstić information content (AvgIpc) is 3.13. The summed E-state index contributed by atoms with van der Waals surface area (Å²) in [6, 6.07) is 7.32. The average molecular weight is 306 g/mol. The minimum atomic E-state index is -0.249. The van der Waals surface area contributed by atoms with Gasteiger partial charge in [-0.1, -0.05) is 19.1 Å². The summed E-state index contributed by atoms with van der Waals surface area (Å²) in [6.45, 7) is 1.88. The van der Waals surface area contributed by atoms with E-state index in [9.17, 15) is 9.70 Å². The number of carbonyl (C=O) groups is 1. The lowest BCUT2D eigenvalue weighted by molar-refractivity contribution is -0.131. The molecule has 6 heteroatoms. The number of nitroso groups, excluding NO2 is 1. The molecule has 3 rings (SSSR count). The minimum Gasteiger partial charge on any atom is -0.299 e. The highest BCUT2D eigenvalue weighted by molar-refractivity contribution is 7.10. The van der Waals surface area contributed by atoms with Crippen LogP contribution in [0, 0.1) is 10.8 Å². The molecule has 3 atom stereocenters. The van der Waals surface area contributed by atoms with Crippen LogP contribution in [-0.2, 0) is 4.79 Å². The lowest BCUT2D eigenvalue weighted by atomic mass is 9.85. The van der Waals surface area contributed by atoms with E-state index in [1.54, 1.807) is 27.7 Å². The molecular formula is C14H14N2O2S2. The van der Waals surface area contributed by atoms with E-state index >= 15 is 0 Å². The van der Waals surface area contributed by atoms with Crippen molar-refractivity contribution in [1.82, 2.24) is 5.01 Å². The van der Waals surface area contributed by atoms with Crippen molar-refractivity contribution in [2.75, 3.05) is 0 Å². The zero-order valence-electron chi connectivity index (χ0n) is 10.9. The number of carbonyl (C=O) groups excluding carboxylic acids is 1. The lowest BCUT2D eigenvalue weighted by Gasteiger charge is -2.39. The van der Waals surface area contributed by atoms with E-state index in [4.69, 9.17) is 0 Å². The van der Waals surface area contributed by atoms with E-state index in [0.29, 0.717) is 6.42 Å². The van der Waals surface area contributed by atoms with E-state index in [-0.39, 0.29) is 23.8 Å². The van der Waals surface area contributed by atoms with Gasteiger partial charge in [-0.05, 0) is 22.9 Å². The van der Waals surface area contributed by atoms with Gasteiger partial charge in [0.25, 0.3) is 0 Å². The molecule has 104 valence electrons. The van der Waals surface area contributed by atoms with Crippen molar-refractivity contribution in [1.29, 1.82) is 0 Å². The van der Waals surface area contributed by atoms with Gasteiger partial charge in [-0.25, -0.2) is 5.01 Å². The summed E-state index contributed by atoms with van der Waals surface area (Å²) < 4.78 is 0. The maximum atomic E-state index is 12.3. The summed E-state index contributed by atoms with van der Waals surface area (Å²) in [4.78, 5) is 25.7. The van der Waals surface area contributed by atoms with Gasteiger partial charge in [0.15, 0.2) is 0 Å². The Bertz CT molecular complexity index is 595. The number of hydrogen-bond acceptors (Lipinski definition) is 5. The van der Waals surface area contributed by atoms with Crippen molar-refractivity contribution in [3.63, 3.8) is 0 Å². The van der Waals surface area contributed by atoms with Gasteiger partial charge in [0, 0.05) is 22.1 Å². The number of ketones is 1. The Labute approximate surface area is 125 Å². The second kappa shape index (κ2) is 5.46. The van der Waals surface area contributed by atoms with Crippen molar-refractivity contribution in [2.45, 2.75) is 25.4 Å². The van der Waals surface area contributed by atoms with Crippen LogP contribution in [0.4, 0.5) is 0 Å². The van der Waals surface area contributed by atoms with Gasteiger partial charge in [0.05, 0.1) is 17.4 Å². The fourth-order valence-electron chi connectivity index (χ4n) is 2.72. The second-order valence-corrected chi connectivity index (χ2v) is 6.87. The molecule has 0 saturated carbocycles. The molecule has 0 radical (unpaired) electrons. The fraction of sp³-hybridized carbons (Fsp3) is 0.357. The highest BCUT2D eigenvalue weighted by Crippen LogP contribution is 2.45. The standard InChI is InChI=1S/C14H14N2O2S2/c1-9-11(17)8-10(12-4-2-6-19-12)16(15-18)14(9)13-5-3-7-20-13/h2-7,9-10,14H,8H2,1H3. The zero-order valence-corrected chi connectivity index (χ0v) is 12.6. The minimum absolute atomic E-state index is 0.196. The van der Waals surface area contributed by atoms with E-state index in [1.165, 1.54) is 0 Å². The van der Waals surface area contributed by atoms with Crippen molar-refractivity contribution in [3.05, 3.63) is 49.7 Å². The van der Waals surface area contributed by atoms with Gasteiger partial charge in [0.1, 0.15) is 5.78 Å². The third kappa shape index (κ3) is 2.19. The van der Waals surface area contributed by atoms with Crippen LogP contribution in [0.3, 0.4) is 0 Å². The Morgan fingerprint density at radius 3 is 2.40 bits per heavy atom. The largest absolute Gasteiger partial charge is 0.299 e. The van der Waals surface area contributed by atoms with Gasteiger partial charge in [-0.2, -0.15) is 0 Å². The molecule has 0 amide bonds. The van der Waals surface area contributed by atoms with Crippen molar-refractivity contribution in [2.24, 2.45) is 11.2 Å². The number of thiophene rings is 2. The smallest absolute Gasteiger partial charge is 0.140 e. The molecule has 0 bridgehead atoms. The molecular weight excluding hydrogens is 292 g/mol. The molecule has 0 spiro atoms. The summed E-state index contributed by atoms with van der Waals surface area (Å²) in [5.41, 5.74) is 0. The molecule has 3 unspecified atom stereocenters. The molecule has 2 aromatic rings. The molecule has 0 aromatic carbocycles. The molecule has 1 aliphatic rings. The highest BCUT2D eigenvalue weighted by Gasteiger charge is 2.42. The van der Waals surface area contributed by atoms with Crippen molar-refractivity contribution in [3.8, 4) is 0 Å². The first-order valence-corrected chi connectivity index (χ1v) is 8.19. The Hall–Kier alpha value is -1.53. The van der Waals surface area contributed by atoms with Gasteiger partial charge in [-0.15, -0.1) is 27.6 Å². The Kier molecular flexibility index (Phi) is 3.67. The number of hydrogen-bond donors (Lipinski definition) is 0. The number of piperidine rings is 1. The van der Waals surface area contributed by atoms with Crippen LogP contribution in [0.5, 0.6) is 0 Å². The summed E-state index contributed by atoms with van der Waals surface area (Å²) in [5, 5.41) is 8.75. The first-order valence-electron chi connectivity index (χ1n) is 6.43. The van der Waals surface area contributed by atoms with Gasteiger partial charge in [-0.3, -0.25) is 4.79 Å². The van der Waals surface area contributed by atoms with Crippen LogP contribution in [0.25, 0.3) is 0 Å². The quantitative estimate of drug-likeness (QED) is 0.799. The Balaban J connectivity index is 2.02. The van der Waals surface area contributed by atoms with Crippen LogP contribution >= 0.6 is 22.7 Å². The molecule has 0 N–H and O–H groups in total. The maximum absolute atomic E-state index is 12.3. The summed E-state index contributed by atoms with van der Waals surface area (Å²) >= 11 is 3.13. The molecule has 1 saturated heterocycles. The zero-order chi connectivity index (χ0) is 14.1. The summed E-state index contributed by atoms with van der Waals surface area (Å²) in [7, 11) is 0. The molecule has 0 aliphatic carbocycles. The van der Waals surface area contributed by atoms with E-state index in [2.05, 4.69) is 5.29 Å². The van der Waals surface area contributed by atoms with Gasteiger partial charge < -0.3 is 0 Å². The fourth-order valence-corrected chi connectivity index (χ4v) is 4.47. The van der Waals surface area contributed by atoms with Crippen LogP contribution < -0.4 is 0 Å². The van der Waals surface area contributed by atoms with Gasteiger partial charge >= 0.3 is 0 Å². The predicted octanol–water partition coefficient (Wildman–Crippen LogP) is 4.18. The van der Waals surface area contributed by atoms with Crippen LogP contribution in [-0.4, -0.2) is 10.8 Å². The van der Waals surface area contributed by atoms with E-state index in [0.717, 1.165) is 9.75 Å². The third-order valence-electron chi connectivity index (χ3n) is 3.78. The molecule has 1 fully saturated rings. The van der Waals surface area contributed by atoms with Gasteiger partial charge in [0.2, 0.25) is 0 Å². The van der Waals surface area contributed by atoms with Crippen LogP contribution in [0.15, 0.2) is 40.3 Å². The number of rotatable bonds is 3. The van der Waals surface area contributed by atoms with E-state index in [1.807, 2.05) is 41.9 Å². The highest BCUT2D eigenvalue weighted by atomic mass is 32.1. The summed E-state index contributed by atoms with van der Waals surface area (Å²) in [6.07, 6.45) is 0.356. The van der Waals surface area contributed by atoms with Crippen LogP contribution in [0.1, 0.15) is 35.2 Å². The molecule has 4 nitrogen and oxygen atoms in total. The molecule has 3 heterocycles. The lowest BCUT2D eigenvalue weighted by Crippen LogP contribution is -2.41.